The van der Waals surface area contributed by atoms with Gasteiger partial charge in [-0.2, -0.15) is 4.02 Å². The number of amidine groups is 1. The minimum atomic E-state index is -0.269. The summed E-state index contributed by atoms with van der Waals surface area (Å²) in [5.41, 5.74) is 1.76. The standard InChI is InChI=1S/C28H39BrN2O2S/c1-8-10-18-16-31(26(30-29)21(18)15-20-11-9-12-34-20)17-24(32)19-13-22(27(2,3)4)25(33)23(14-19)28(5,6)7/h9,11-14,18,21,33H,8,10,15-17H2,1-7H3/b30-26-. The van der Waals surface area contributed by atoms with E-state index in [1.165, 1.54) is 4.88 Å². The van der Waals surface area contributed by atoms with Gasteiger partial charge in [0.2, 0.25) is 0 Å². The zero-order chi connectivity index (χ0) is 25.3. The molecule has 0 bridgehead atoms. The summed E-state index contributed by atoms with van der Waals surface area (Å²) in [7, 11) is 0. The number of nitrogens with zero attached hydrogens (tertiary/aromatic N) is 2. The number of aromatic hydroxyl groups is 1. The van der Waals surface area contributed by atoms with E-state index in [-0.39, 0.29) is 16.6 Å². The molecule has 34 heavy (non-hydrogen) atoms. The van der Waals surface area contributed by atoms with Crippen LogP contribution < -0.4 is 0 Å². The Morgan fingerprint density at radius 1 is 1.18 bits per heavy atom. The quantitative estimate of drug-likeness (QED) is 0.365. The van der Waals surface area contributed by atoms with Gasteiger partial charge in [0.25, 0.3) is 0 Å². The number of ketones is 1. The van der Waals surface area contributed by atoms with Crippen molar-refractivity contribution in [2.24, 2.45) is 15.9 Å². The first-order chi connectivity index (χ1) is 15.9. The first-order valence-electron chi connectivity index (χ1n) is 12.2. The maximum Gasteiger partial charge on any atom is 0.182 e. The molecular formula is C28H39BrN2O2S. The lowest BCUT2D eigenvalue weighted by atomic mass is 9.78. The fourth-order valence-electron chi connectivity index (χ4n) is 4.98. The van der Waals surface area contributed by atoms with Crippen LogP contribution >= 0.6 is 27.5 Å². The summed E-state index contributed by atoms with van der Waals surface area (Å²) in [6, 6.07) is 8.06. The summed E-state index contributed by atoms with van der Waals surface area (Å²) >= 11 is 5.16. The van der Waals surface area contributed by atoms with Crippen LogP contribution in [-0.2, 0) is 17.3 Å². The second kappa shape index (κ2) is 10.5. The smallest absolute Gasteiger partial charge is 0.182 e. The number of hydrogen-bond acceptors (Lipinski definition) is 4. The number of carbonyl (C=O) groups is 1. The lowest BCUT2D eigenvalue weighted by Gasteiger charge is -2.28. The first-order valence-corrected chi connectivity index (χ1v) is 13.8. The van der Waals surface area contributed by atoms with Gasteiger partial charge in [-0.3, -0.25) is 4.79 Å². The van der Waals surface area contributed by atoms with Crippen LogP contribution in [0, 0.1) is 11.8 Å². The Kier molecular flexibility index (Phi) is 8.34. The number of Topliss-reactive ketones (excluding diaryl/α,β-unsaturated/α-hetero) is 1. The van der Waals surface area contributed by atoms with Crippen molar-refractivity contribution < 1.29 is 9.90 Å². The molecule has 0 spiro atoms. The number of rotatable bonds is 7. The summed E-state index contributed by atoms with van der Waals surface area (Å²) in [5, 5.41) is 13.2. The highest BCUT2D eigenvalue weighted by molar-refractivity contribution is 9.08. The van der Waals surface area contributed by atoms with E-state index in [9.17, 15) is 9.90 Å². The Morgan fingerprint density at radius 3 is 2.26 bits per heavy atom. The van der Waals surface area contributed by atoms with E-state index in [1.54, 1.807) is 11.3 Å². The van der Waals surface area contributed by atoms with Crippen LogP contribution in [0.4, 0.5) is 0 Å². The highest BCUT2D eigenvalue weighted by Crippen LogP contribution is 2.40. The molecule has 1 N–H and O–H groups in total. The molecule has 0 aliphatic carbocycles. The van der Waals surface area contributed by atoms with Gasteiger partial charge in [-0.25, -0.2) is 0 Å². The van der Waals surface area contributed by atoms with Gasteiger partial charge >= 0.3 is 0 Å². The fraction of sp³-hybridized carbons (Fsp3) is 0.571. The fourth-order valence-corrected chi connectivity index (χ4v) is 6.23. The molecule has 2 aromatic rings. The zero-order valence-electron chi connectivity index (χ0n) is 21.6. The molecule has 3 rings (SSSR count). The number of thiophene rings is 1. The number of carbonyl (C=O) groups excluding carboxylic acids is 1. The minimum absolute atomic E-state index is 0.0664. The minimum Gasteiger partial charge on any atom is -0.507 e. The highest BCUT2D eigenvalue weighted by Gasteiger charge is 2.39. The second-order valence-corrected chi connectivity index (χ2v) is 13.0. The summed E-state index contributed by atoms with van der Waals surface area (Å²) in [6.07, 6.45) is 3.19. The van der Waals surface area contributed by atoms with Gasteiger partial charge in [0.05, 0.1) is 22.7 Å². The van der Waals surface area contributed by atoms with Crippen LogP contribution in [0.5, 0.6) is 5.75 Å². The van der Waals surface area contributed by atoms with Crippen molar-refractivity contribution in [2.45, 2.75) is 78.6 Å². The van der Waals surface area contributed by atoms with Gasteiger partial charge in [-0.1, -0.05) is 61.0 Å². The Labute approximate surface area is 217 Å². The van der Waals surface area contributed by atoms with Crippen LogP contribution in [0.25, 0.3) is 0 Å². The Balaban J connectivity index is 1.92. The highest BCUT2D eigenvalue weighted by atomic mass is 79.9. The zero-order valence-corrected chi connectivity index (χ0v) is 24.0. The third-order valence-corrected chi connectivity index (χ3v) is 8.07. The van der Waals surface area contributed by atoms with Gasteiger partial charge in [0.15, 0.2) is 5.78 Å². The predicted molar refractivity (Wildman–Crippen MR) is 148 cm³/mol. The number of hydrogen-bond donors (Lipinski definition) is 1. The van der Waals surface area contributed by atoms with Crippen LogP contribution in [-0.4, -0.2) is 34.7 Å². The Morgan fingerprint density at radius 2 is 1.79 bits per heavy atom. The molecule has 0 amide bonds. The normalized spacial score (nSPS) is 20.4. The molecule has 1 aromatic heterocycles. The topological polar surface area (TPSA) is 52.9 Å². The van der Waals surface area contributed by atoms with Crippen molar-refractivity contribution in [2.75, 3.05) is 13.1 Å². The molecule has 0 saturated carbocycles. The Bertz CT molecular complexity index is 997. The molecule has 0 radical (unpaired) electrons. The first kappa shape index (κ1) is 26.9. The lowest BCUT2D eigenvalue weighted by molar-refractivity contribution is 0.0963. The molecule has 2 atom stereocenters. The SMILES string of the molecule is CCCC1CN(CC(=O)c2cc(C(C)(C)C)c(O)c(C(C)(C)C)c2)/C(=N\Br)C1Cc1cccs1. The molecule has 4 nitrogen and oxygen atoms in total. The largest absolute Gasteiger partial charge is 0.507 e. The summed E-state index contributed by atoms with van der Waals surface area (Å²) in [5.74, 6) is 2.13. The van der Waals surface area contributed by atoms with Gasteiger partial charge in [0.1, 0.15) is 11.6 Å². The van der Waals surface area contributed by atoms with Gasteiger partial charge in [-0.05, 0) is 53.2 Å². The van der Waals surface area contributed by atoms with E-state index in [0.29, 0.717) is 29.7 Å². The number of halogens is 1. The van der Waals surface area contributed by atoms with Crippen LogP contribution in [0.15, 0.2) is 33.7 Å². The molecular weight excluding hydrogens is 508 g/mol. The van der Waals surface area contributed by atoms with Crippen LogP contribution in [0.1, 0.15) is 87.7 Å². The number of phenols is 1. The molecule has 2 heterocycles. The third kappa shape index (κ3) is 5.93. The average molecular weight is 548 g/mol. The molecule has 1 aliphatic heterocycles. The maximum atomic E-state index is 13.6. The molecule has 2 unspecified atom stereocenters. The van der Waals surface area contributed by atoms with Gasteiger partial charge in [0, 0.05) is 34.0 Å². The van der Waals surface area contributed by atoms with Crippen molar-refractivity contribution in [1.82, 2.24) is 4.90 Å². The van der Waals surface area contributed by atoms with E-state index in [0.717, 1.165) is 42.8 Å². The van der Waals surface area contributed by atoms with E-state index in [1.807, 2.05) is 12.1 Å². The molecule has 6 heteroatoms. The second-order valence-electron chi connectivity index (χ2n) is 11.6. The van der Waals surface area contributed by atoms with Crippen LogP contribution in [0.3, 0.4) is 0 Å². The van der Waals surface area contributed by atoms with Crippen molar-refractivity contribution in [3.63, 3.8) is 0 Å². The van der Waals surface area contributed by atoms with E-state index >= 15 is 0 Å². The monoisotopic (exact) mass is 546 g/mol. The van der Waals surface area contributed by atoms with Crippen LogP contribution in [0.2, 0.25) is 0 Å². The van der Waals surface area contributed by atoms with Crippen molar-refractivity contribution in [3.05, 3.63) is 51.2 Å². The summed E-state index contributed by atoms with van der Waals surface area (Å²) in [4.78, 5) is 17.1. The molecule has 1 aliphatic rings. The van der Waals surface area contributed by atoms with E-state index in [2.05, 4.69) is 91.0 Å². The molecule has 1 fully saturated rings. The molecule has 1 saturated heterocycles. The van der Waals surface area contributed by atoms with Gasteiger partial charge in [-0.15, -0.1) is 11.3 Å². The Hall–Kier alpha value is -1.66. The van der Waals surface area contributed by atoms with Crippen molar-refractivity contribution >= 4 is 39.1 Å². The lowest BCUT2D eigenvalue weighted by Crippen LogP contribution is -2.33. The average Bonchev–Trinajstić information content (AvgIpc) is 3.35. The molecule has 1 aromatic carbocycles. The van der Waals surface area contributed by atoms with Crippen molar-refractivity contribution in [1.29, 1.82) is 0 Å². The summed E-state index contributed by atoms with van der Waals surface area (Å²) < 4.78 is 4.51. The number of phenolic OH excluding ortho intramolecular Hbond substituents is 1. The molecule has 186 valence electrons. The van der Waals surface area contributed by atoms with E-state index < -0.39 is 0 Å². The number of benzene rings is 1. The van der Waals surface area contributed by atoms with Crippen molar-refractivity contribution in [3.8, 4) is 5.75 Å². The number of likely N-dealkylation sites (tertiary alicyclic amines) is 1. The third-order valence-electron chi connectivity index (χ3n) is 6.81. The summed E-state index contributed by atoms with van der Waals surface area (Å²) in [6.45, 7) is 15.8. The van der Waals surface area contributed by atoms with Gasteiger partial charge < -0.3 is 10.0 Å². The van der Waals surface area contributed by atoms with E-state index in [4.69, 9.17) is 0 Å². The maximum absolute atomic E-state index is 13.6. The predicted octanol–water partition coefficient (Wildman–Crippen LogP) is 7.53.